The highest BCUT2D eigenvalue weighted by Gasteiger charge is 2.17. The molecule has 126 valence electrons. The van der Waals surface area contributed by atoms with E-state index in [1.165, 1.54) is 6.33 Å². The van der Waals surface area contributed by atoms with E-state index in [1.54, 1.807) is 7.11 Å². The minimum absolute atomic E-state index is 0.106. The molecule has 2 aromatic heterocycles. The van der Waals surface area contributed by atoms with Crippen LogP contribution in [0.25, 0.3) is 22.2 Å². The second-order valence-corrected chi connectivity index (χ2v) is 5.62. The maximum absolute atomic E-state index is 9.36. The van der Waals surface area contributed by atoms with Crippen molar-refractivity contribution in [2.75, 3.05) is 26.1 Å². The fraction of sp³-hybridized carbons (Fsp3) is 0.294. The molecule has 0 saturated carbocycles. The number of ether oxygens (including phenoxy) is 1. The summed E-state index contributed by atoms with van der Waals surface area (Å²) in [6.45, 7) is 0.223. The molecule has 3 rings (SSSR count). The second-order valence-electron chi connectivity index (χ2n) is 5.62. The van der Waals surface area contributed by atoms with E-state index < -0.39 is 0 Å². The highest BCUT2D eigenvalue weighted by molar-refractivity contribution is 6.00. The van der Waals surface area contributed by atoms with Crippen LogP contribution in [0.1, 0.15) is 0 Å². The van der Waals surface area contributed by atoms with Gasteiger partial charge >= 0.3 is 0 Å². The molecule has 7 nitrogen and oxygen atoms in total. The topological polar surface area (TPSA) is 106 Å². The Labute approximate surface area is 139 Å². The number of nitrogens with two attached hydrogens (primary N) is 1. The van der Waals surface area contributed by atoms with Crippen LogP contribution >= 0.6 is 0 Å². The van der Waals surface area contributed by atoms with Gasteiger partial charge in [0.15, 0.2) is 0 Å². The second kappa shape index (κ2) is 6.86. The Morgan fingerprint density at radius 1 is 1.25 bits per heavy atom. The largest absolute Gasteiger partial charge is 0.497 e. The number of hydrogen-bond donors (Lipinski definition) is 3. The molecule has 0 aliphatic rings. The number of hydrogen-bond acceptors (Lipinski definition) is 6. The standard InChI is InChI=1S/C17H20N4O3/c1-24-13-4-2-3-12(5-13)14-7-21(6-11(8-22)9-23)17-15(14)16(18)19-10-20-17/h2-5,7,10-11,22-23H,6,8-9H2,1H3,(H2,18,19,20). The highest BCUT2D eigenvalue weighted by atomic mass is 16.5. The fourth-order valence-electron chi connectivity index (χ4n) is 2.75. The highest BCUT2D eigenvalue weighted by Crippen LogP contribution is 2.34. The molecule has 0 aliphatic heterocycles. The maximum atomic E-state index is 9.36. The Kier molecular flexibility index (Phi) is 4.64. The Bertz CT molecular complexity index is 843. The number of rotatable bonds is 6. The van der Waals surface area contributed by atoms with Gasteiger partial charge < -0.3 is 25.3 Å². The van der Waals surface area contributed by atoms with Crippen LogP contribution < -0.4 is 10.5 Å². The molecule has 0 saturated heterocycles. The summed E-state index contributed by atoms with van der Waals surface area (Å²) in [6, 6.07) is 7.66. The number of fused-ring (bicyclic) bond motifs is 1. The van der Waals surface area contributed by atoms with Crippen molar-refractivity contribution in [2.24, 2.45) is 5.92 Å². The average Bonchev–Trinajstić information content (AvgIpc) is 2.99. The van der Waals surface area contributed by atoms with Crippen LogP contribution in [-0.4, -0.2) is 45.1 Å². The lowest BCUT2D eigenvalue weighted by molar-refractivity contribution is 0.138. The van der Waals surface area contributed by atoms with E-state index in [2.05, 4.69) is 9.97 Å². The Balaban J connectivity index is 2.17. The van der Waals surface area contributed by atoms with Crippen LogP contribution in [-0.2, 0) is 6.54 Å². The van der Waals surface area contributed by atoms with Crippen molar-refractivity contribution in [1.29, 1.82) is 0 Å². The normalized spacial score (nSPS) is 11.3. The van der Waals surface area contributed by atoms with E-state index in [9.17, 15) is 10.2 Å². The number of aromatic nitrogens is 3. The maximum Gasteiger partial charge on any atom is 0.146 e. The zero-order valence-electron chi connectivity index (χ0n) is 13.4. The van der Waals surface area contributed by atoms with Crippen LogP contribution in [0.2, 0.25) is 0 Å². The first-order valence-corrected chi connectivity index (χ1v) is 7.63. The quantitative estimate of drug-likeness (QED) is 0.629. The first-order valence-electron chi connectivity index (χ1n) is 7.63. The molecule has 1 aromatic carbocycles. The molecule has 0 radical (unpaired) electrons. The summed E-state index contributed by atoms with van der Waals surface area (Å²) in [5, 5.41) is 19.5. The lowest BCUT2D eigenvalue weighted by atomic mass is 10.1. The van der Waals surface area contributed by atoms with Gasteiger partial charge in [-0.15, -0.1) is 0 Å². The smallest absolute Gasteiger partial charge is 0.146 e. The molecule has 0 atom stereocenters. The van der Waals surface area contributed by atoms with Crippen LogP contribution in [0.15, 0.2) is 36.8 Å². The van der Waals surface area contributed by atoms with E-state index >= 15 is 0 Å². The van der Waals surface area contributed by atoms with Crippen molar-refractivity contribution in [3.8, 4) is 16.9 Å². The van der Waals surface area contributed by atoms with Gasteiger partial charge in [0.1, 0.15) is 23.5 Å². The zero-order valence-corrected chi connectivity index (χ0v) is 13.4. The lowest BCUT2D eigenvalue weighted by Gasteiger charge is -2.12. The van der Waals surface area contributed by atoms with Crippen LogP contribution in [0.4, 0.5) is 5.82 Å². The molecular formula is C17H20N4O3. The molecule has 7 heteroatoms. The predicted molar refractivity (Wildman–Crippen MR) is 91.6 cm³/mol. The van der Waals surface area contributed by atoms with Crippen molar-refractivity contribution < 1.29 is 14.9 Å². The molecule has 2 heterocycles. The molecule has 0 unspecified atom stereocenters. The summed E-state index contributed by atoms with van der Waals surface area (Å²) in [4.78, 5) is 8.42. The van der Waals surface area contributed by atoms with Gasteiger partial charge in [-0.1, -0.05) is 12.1 Å². The van der Waals surface area contributed by atoms with Crippen molar-refractivity contribution in [3.05, 3.63) is 36.8 Å². The number of benzene rings is 1. The van der Waals surface area contributed by atoms with Gasteiger partial charge in [-0.2, -0.15) is 0 Å². The first kappa shape index (κ1) is 16.2. The molecule has 0 spiro atoms. The third-order valence-electron chi connectivity index (χ3n) is 4.03. The molecule has 0 amide bonds. The van der Waals surface area contributed by atoms with Crippen LogP contribution in [0.3, 0.4) is 0 Å². The van der Waals surface area contributed by atoms with Crippen LogP contribution in [0.5, 0.6) is 5.75 Å². The number of nitrogen functional groups attached to an aromatic ring is 1. The molecular weight excluding hydrogens is 308 g/mol. The molecule has 0 bridgehead atoms. The van der Waals surface area contributed by atoms with Gasteiger partial charge in [0.25, 0.3) is 0 Å². The lowest BCUT2D eigenvalue weighted by Crippen LogP contribution is -2.18. The predicted octanol–water partition coefficient (Wildman–Crippen LogP) is 1.29. The van der Waals surface area contributed by atoms with Crippen molar-refractivity contribution >= 4 is 16.9 Å². The van der Waals surface area contributed by atoms with E-state index in [0.717, 1.165) is 22.3 Å². The van der Waals surface area contributed by atoms with E-state index in [4.69, 9.17) is 10.5 Å². The summed E-state index contributed by atoms with van der Waals surface area (Å²) in [5.41, 5.74) is 8.57. The third kappa shape index (κ3) is 2.91. The summed E-state index contributed by atoms with van der Waals surface area (Å²) >= 11 is 0. The Morgan fingerprint density at radius 3 is 2.75 bits per heavy atom. The van der Waals surface area contributed by atoms with Gasteiger partial charge in [-0.25, -0.2) is 9.97 Å². The minimum atomic E-state index is -0.269. The van der Waals surface area contributed by atoms with Gasteiger partial charge in [0, 0.05) is 37.4 Å². The molecule has 0 fully saturated rings. The van der Waals surface area contributed by atoms with Gasteiger partial charge in [-0.05, 0) is 17.7 Å². The zero-order chi connectivity index (χ0) is 17.1. The number of methoxy groups -OCH3 is 1. The van der Waals surface area contributed by atoms with Crippen LogP contribution in [0, 0.1) is 5.92 Å². The SMILES string of the molecule is COc1cccc(-c2cn(CC(CO)CO)c3ncnc(N)c23)c1. The Morgan fingerprint density at radius 2 is 2.04 bits per heavy atom. The van der Waals surface area contributed by atoms with E-state index in [1.807, 2.05) is 35.0 Å². The third-order valence-corrected chi connectivity index (χ3v) is 4.03. The number of anilines is 1. The monoisotopic (exact) mass is 328 g/mol. The van der Waals surface area contributed by atoms with E-state index in [-0.39, 0.29) is 19.1 Å². The average molecular weight is 328 g/mol. The Hall–Kier alpha value is -2.64. The fourth-order valence-corrected chi connectivity index (χ4v) is 2.75. The summed E-state index contributed by atoms with van der Waals surface area (Å²) in [5.74, 6) is 0.864. The van der Waals surface area contributed by atoms with Gasteiger partial charge in [0.2, 0.25) is 0 Å². The molecule has 3 aromatic rings. The van der Waals surface area contributed by atoms with Gasteiger partial charge in [0.05, 0.1) is 12.5 Å². The van der Waals surface area contributed by atoms with E-state index in [0.29, 0.717) is 18.0 Å². The number of aliphatic hydroxyl groups is 2. The van der Waals surface area contributed by atoms with Crippen molar-refractivity contribution in [2.45, 2.75) is 6.54 Å². The van der Waals surface area contributed by atoms with Crippen molar-refractivity contribution in [1.82, 2.24) is 14.5 Å². The molecule has 4 N–H and O–H groups in total. The summed E-state index contributed by atoms with van der Waals surface area (Å²) in [6.07, 6.45) is 3.33. The van der Waals surface area contributed by atoms with Gasteiger partial charge in [-0.3, -0.25) is 0 Å². The summed E-state index contributed by atoms with van der Waals surface area (Å²) < 4.78 is 7.18. The van der Waals surface area contributed by atoms with Crippen molar-refractivity contribution in [3.63, 3.8) is 0 Å². The minimum Gasteiger partial charge on any atom is -0.497 e. The first-order chi connectivity index (χ1) is 11.7. The molecule has 0 aliphatic carbocycles. The molecule has 24 heavy (non-hydrogen) atoms. The summed E-state index contributed by atoms with van der Waals surface area (Å²) in [7, 11) is 1.62. The number of nitrogens with zero attached hydrogens (tertiary/aromatic N) is 3. The number of aliphatic hydroxyl groups excluding tert-OH is 2.